The SMILES string of the molecule is CNCc1nc(-c2ccccc2C)c2ncccn12. The third-order valence-corrected chi connectivity index (χ3v) is 3.21. The molecule has 0 spiro atoms. The second-order valence-electron chi connectivity index (χ2n) is 4.54. The van der Waals surface area contributed by atoms with E-state index in [1.807, 2.05) is 42.0 Å². The van der Waals surface area contributed by atoms with Crippen LogP contribution in [0.4, 0.5) is 0 Å². The average molecular weight is 252 g/mol. The number of hydrogen-bond donors (Lipinski definition) is 1. The van der Waals surface area contributed by atoms with Gasteiger partial charge in [-0.3, -0.25) is 4.40 Å². The molecular weight excluding hydrogens is 236 g/mol. The number of hydrogen-bond acceptors (Lipinski definition) is 3. The molecule has 3 aromatic rings. The molecule has 4 heteroatoms. The number of aryl methyl sites for hydroxylation is 1. The molecule has 0 aliphatic heterocycles. The van der Waals surface area contributed by atoms with Gasteiger partial charge < -0.3 is 5.32 Å². The molecule has 19 heavy (non-hydrogen) atoms. The van der Waals surface area contributed by atoms with Gasteiger partial charge in [0.2, 0.25) is 0 Å². The molecule has 2 aromatic heterocycles. The first kappa shape index (κ1) is 11.9. The minimum absolute atomic E-state index is 0.721. The molecule has 2 heterocycles. The van der Waals surface area contributed by atoms with Crippen LogP contribution in [0.1, 0.15) is 11.4 Å². The van der Waals surface area contributed by atoms with Gasteiger partial charge in [-0.05, 0) is 25.6 Å². The number of fused-ring (bicyclic) bond motifs is 1. The quantitative estimate of drug-likeness (QED) is 0.778. The van der Waals surface area contributed by atoms with E-state index in [2.05, 4.69) is 29.4 Å². The molecule has 0 amide bonds. The summed E-state index contributed by atoms with van der Waals surface area (Å²) in [5.41, 5.74) is 4.20. The molecular formula is C15H16N4. The molecule has 0 saturated heterocycles. The van der Waals surface area contributed by atoms with Crippen LogP contribution in [0, 0.1) is 6.92 Å². The minimum atomic E-state index is 0.721. The Morgan fingerprint density at radius 2 is 2.05 bits per heavy atom. The molecule has 1 aromatic carbocycles. The zero-order chi connectivity index (χ0) is 13.2. The van der Waals surface area contributed by atoms with E-state index in [0.717, 1.165) is 29.3 Å². The number of rotatable bonds is 3. The highest BCUT2D eigenvalue weighted by atomic mass is 15.1. The summed E-state index contributed by atoms with van der Waals surface area (Å²) in [6.07, 6.45) is 3.81. The van der Waals surface area contributed by atoms with Crippen molar-refractivity contribution in [3.05, 3.63) is 54.1 Å². The van der Waals surface area contributed by atoms with Crippen LogP contribution >= 0.6 is 0 Å². The summed E-state index contributed by atoms with van der Waals surface area (Å²) < 4.78 is 2.04. The maximum Gasteiger partial charge on any atom is 0.164 e. The summed E-state index contributed by atoms with van der Waals surface area (Å²) >= 11 is 0. The van der Waals surface area contributed by atoms with Crippen molar-refractivity contribution in [2.24, 2.45) is 0 Å². The Hall–Kier alpha value is -2.20. The molecule has 0 aliphatic rings. The first-order valence-electron chi connectivity index (χ1n) is 6.34. The van der Waals surface area contributed by atoms with Crippen molar-refractivity contribution in [2.45, 2.75) is 13.5 Å². The number of imidazole rings is 1. The lowest BCUT2D eigenvalue weighted by Crippen LogP contribution is -2.08. The van der Waals surface area contributed by atoms with E-state index in [0.29, 0.717) is 0 Å². The van der Waals surface area contributed by atoms with E-state index in [4.69, 9.17) is 4.98 Å². The van der Waals surface area contributed by atoms with Crippen molar-refractivity contribution >= 4 is 5.65 Å². The predicted octanol–water partition coefficient (Wildman–Crippen LogP) is 2.42. The molecule has 0 atom stereocenters. The van der Waals surface area contributed by atoms with Gasteiger partial charge in [0.25, 0.3) is 0 Å². The van der Waals surface area contributed by atoms with E-state index in [9.17, 15) is 0 Å². The number of nitrogens with zero attached hydrogens (tertiary/aromatic N) is 3. The summed E-state index contributed by atoms with van der Waals surface area (Å²) in [4.78, 5) is 9.22. The second-order valence-corrected chi connectivity index (χ2v) is 4.54. The van der Waals surface area contributed by atoms with Gasteiger partial charge in [0.05, 0.1) is 6.54 Å². The summed E-state index contributed by atoms with van der Waals surface area (Å²) in [6, 6.07) is 10.2. The van der Waals surface area contributed by atoms with Gasteiger partial charge in [-0.25, -0.2) is 9.97 Å². The lowest BCUT2D eigenvalue weighted by molar-refractivity contribution is 0.754. The van der Waals surface area contributed by atoms with Crippen LogP contribution < -0.4 is 5.32 Å². The minimum Gasteiger partial charge on any atom is -0.313 e. The third-order valence-electron chi connectivity index (χ3n) is 3.21. The van der Waals surface area contributed by atoms with E-state index in [1.165, 1.54) is 5.56 Å². The zero-order valence-electron chi connectivity index (χ0n) is 11.1. The van der Waals surface area contributed by atoms with Gasteiger partial charge in [0.1, 0.15) is 11.5 Å². The summed E-state index contributed by atoms with van der Waals surface area (Å²) in [7, 11) is 1.92. The Balaban J connectivity index is 2.27. The van der Waals surface area contributed by atoms with Crippen molar-refractivity contribution in [3.8, 4) is 11.3 Å². The Bertz CT molecular complexity index is 715. The van der Waals surface area contributed by atoms with Crippen LogP contribution in [-0.4, -0.2) is 21.4 Å². The van der Waals surface area contributed by atoms with E-state index in [-0.39, 0.29) is 0 Å². The molecule has 1 N–H and O–H groups in total. The highest BCUT2D eigenvalue weighted by Crippen LogP contribution is 2.26. The standard InChI is InChI=1S/C15H16N4/c1-11-6-3-4-7-12(11)14-15-17-8-5-9-19(15)13(18-14)10-16-2/h3-9,16H,10H2,1-2H3. The molecule has 0 bridgehead atoms. The molecule has 0 fully saturated rings. The maximum absolute atomic E-state index is 4.75. The number of benzene rings is 1. The van der Waals surface area contributed by atoms with Gasteiger partial charge in [-0.15, -0.1) is 0 Å². The highest BCUT2D eigenvalue weighted by Gasteiger charge is 2.14. The summed E-state index contributed by atoms with van der Waals surface area (Å²) in [5.74, 6) is 0.976. The third kappa shape index (κ3) is 2.00. The average Bonchev–Trinajstić information content (AvgIpc) is 2.79. The van der Waals surface area contributed by atoms with Gasteiger partial charge in [-0.2, -0.15) is 0 Å². The lowest BCUT2D eigenvalue weighted by Gasteiger charge is -2.01. The van der Waals surface area contributed by atoms with Crippen molar-refractivity contribution in [2.75, 3.05) is 7.05 Å². The first-order chi connectivity index (χ1) is 9.31. The monoisotopic (exact) mass is 252 g/mol. The number of nitrogens with one attached hydrogen (secondary N) is 1. The van der Waals surface area contributed by atoms with Gasteiger partial charge in [0.15, 0.2) is 5.65 Å². The van der Waals surface area contributed by atoms with Crippen LogP contribution in [-0.2, 0) is 6.54 Å². The molecule has 96 valence electrons. The Morgan fingerprint density at radius 1 is 1.21 bits per heavy atom. The fourth-order valence-corrected chi connectivity index (χ4v) is 2.29. The molecule has 0 radical (unpaired) electrons. The van der Waals surface area contributed by atoms with Crippen LogP contribution in [0.15, 0.2) is 42.7 Å². The molecule has 0 unspecified atom stereocenters. The number of aromatic nitrogens is 3. The van der Waals surface area contributed by atoms with Crippen molar-refractivity contribution in [1.82, 2.24) is 19.7 Å². The van der Waals surface area contributed by atoms with E-state index < -0.39 is 0 Å². The smallest absolute Gasteiger partial charge is 0.164 e. The van der Waals surface area contributed by atoms with Crippen LogP contribution in [0.3, 0.4) is 0 Å². The maximum atomic E-state index is 4.75. The summed E-state index contributed by atoms with van der Waals surface area (Å²) in [5, 5.41) is 3.14. The Morgan fingerprint density at radius 3 is 2.84 bits per heavy atom. The van der Waals surface area contributed by atoms with Gasteiger partial charge >= 0.3 is 0 Å². The van der Waals surface area contributed by atoms with Crippen molar-refractivity contribution in [1.29, 1.82) is 0 Å². The second kappa shape index (κ2) is 4.82. The van der Waals surface area contributed by atoms with E-state index >= 15 is 0 Å². The van der Waals surface area contributed by atoms with E-state index in [1.54, 1.807) is 0 Å². The fourth-order valence-electron chi connectivity index (χ4n) is 2.29. The summed E-state index contributed by atoms with van der Waals surface area (Å²) in [6.45, 7) is 2.82. The van der Waals surface area contributed by atoms with Crippen LogP contribution in [0.2, 0.25) is 0 Å². The Labute approximate surface area is 112 Å². The molecule has 0 aliphatic carbocycles. The van der Waals surface area contributed by atoms with Crippen LogP contribution in [0.5, 0.6) is 0 Å². The van der Waals surface area contributed by atoms with Crippen LogP contribution in [0.25, 0.3) is 16.9 Å². The lowest BCUT2D eigenvalue weighted by atomic mass is 10.1. The Kier molecular flexibility index (Phi) is 3.01. The molecule has 0 saturated carbocycles. The normalized spacial score (nSPS) is 11.1. The van der Waals surface area contributed by atoms with Gasteiger partial charge in [0, 0.05) is 18.0 Å². The van der Waals surface area contributed by atoms with Crippen molar-refractivity contribution < 1.29 is 0 Å². The molecule has 3 rings (SSSR count). The molecule has 4 nitrogen and oxygen atoms in total. The topological polar surface area (TPSA) is 42.2 Å². The fraction of sp³-hybridized carbons (Fsp3) is 0.200. The zero-order valence-corrected chi connectivity index (χ0v) is 11.1. The predicted molar refractivity (Wildman–Crippen MR) is 75.9 cm³/mol. The largest absolute Gasteiger partial charge is 0.313 e. The van der Waals surface area contributed by atoms with Crippen molar-refractivity contribution in [3.63, 3.8) is 0 Å². The highest BCUT2D eigenvalue weighted by molar-refractivity contribution is 5.76. The first-order valence-corrected chi connectivity index (χ1v) is 6.34. The van der Waals surface area contributed by atoms with Gasteiger partial charge in [-0.1, -0.05) is 24.3 Å².